The first-order valence-corrected chi connectivity index (χ1v) is 15.1. The number of ether oxygens (including phenoxy) is 1. The van der Waals surface area contributed by atoms with Gasteiger partial charge in [-0.3, -0.25) is 14.4 Å². The van der Waals surface area contributed by atoms with Crippen LogP contribution in [0.15, 0.2) is 60.8 Å². The van der Waals surface area contributed by atoms with Gasteiger partial charge in [-0.15, -0.1) is 0 Å². The van der Waals surface area contributed by atoms with Crippen LogP contribution in [-0.4, -0.2) is 40.5 Å². The van der Waals surface area contributed by atoms with Crippen LogP contribution in [-0.2, 0) is 38.5 Å². The number of rotatable bonds is 8. The number of amides is 2. The number of benzene rings is 2. The maximum absolute atomic E-state index is 13.8. The van der Waals surface area contributed by atoms with Crippen molar-refractivity contribution in [2.75, 3.05) is 6.54 Å². The molecule has 2 aromatic carbocycles. The van der Waals surface area contributed by atoms with Crippen LogP contribution in [0.3, 0.4) is 0 Å². The Labute approximate surface area is 244 Å². The molecule has 0 radical (unpaired) electrons. The highest BCUT2D eigenvalue weighted by Gasteiger charge is 2.30. The molecule has 7 heteroatoms. The number of aryl methyl sites for hydroxylation is 2. The van der Waals surface area contributed by atoms with Gasteiger partial charge in [-0.25, -0.2) is 0 Å². The molecule has 0 aliphatic carbocycles. The molecule has 1 aliphatic rings. The zero-order valence-electron chi connectivity index (χ0n) is 24.8. The third-order valence-electron chi connectivity index (χ3n) is 7.62. The van der Waals surface area contributed by atoms with E-state index in [0.29, 0.717) is 19.4 Å². The van der Waals surface area contributed by atoms with Crippen molar-refractivity contribution in [3.8, 4) is 0 Å². The molecule has 2 atom stereocenters. The first-order valence-electron chi connectivity index (χ1n) is 15.1. The lowest BCUT2D eigenvalue weighted by Crippen LogP contribution is -2.50. The largest absolute Gasteiger partial charge is 0.460 e. The van der Waals surface area contributed by atoms with Gasteiger partial charge in [-0.1, -0.05) is 61.4 Å². The lowest BCUT2D eigenvalue weighted by Gasteiger charge is -2.24. The molecule has 2 amide bonds. The van der Waals surface area contributed by atoms with E-state index in [1.165, 1.54) is 5.56 Å². The van der Waals surface area contributed by atoms with Crippen LogP contribution < -0.4 is 10.6 Å². The standard InChI is InChI=1S/C34H45N3O4/c1-34(2,3)41-31(38)23-26(17-13-16-25-14-7-6-8-15-25)32(39)36-29-22-27-24-37(30-19-10-9-18-28(27)30)21-12-5-4-11-20-35-33(29)40/h6-10,14-15,18-19,24,26,29H,4-5,11-13,16-17,20-23H2,1-3H3,(H,35,40)(H,36,39)/t26-,29+/m1/s1. The van der Waals surface area contributed by atoms with Gasteiger partial charge in [0.1, 0.15) is 11.6 Å². The lowest BCUT2D eigenvalue weighted by molar-refractivity contribution is -0.157. The quantitative estimate of drug-likeness (QED) is 0.345. The summed E-state index contributed by atoms with van der Waals surface area (Å²) in [6.45, 7) is 6.98. The molecule has 3 aromatic rings. The van der Waals surface area contributed by atoms with Gasteiger partial charge in [0.25, 0.3) is 0 Å². The summed E-state index contributed by atoms with van der Waals surface area (Å²) < 4.78 is 7.84. The van der Waals surface area contributed by atoms with Crippen LogP contribution >= 0.6 is 0 Å². The number of hydrogen-bond donors (Lipinski definition) is 2. The lowest BCUT2D eigenvalue weighted by atomic mass is 9.94. The van der Waals surface area contributed by atoms with E-state index >= 15 is 0 Å². The molecule has 1 aromatic heterocycles. The van der Waals surface area contributed by atoms with Crippen molar-refractivity contribution in [2.45, 2.75) is 96.7 Å². The minimum Gasteiger partial charge on any atom is -0.460 e. The summed E-state index contributed by atoms with van der Waals surface area (Å²) in [5.41, 5.74) is 2.74. The Morgan fingerprint density at radius 2 is 1.76 bits per heavy atom. The van der Waals surface area contributed by atoms with E-state index in [2.05, 4.69) is 45.7 Å². The van der Waals surface area contributed by atoms with Gasteiger partial charge in [0.05, 0.1) is 6.42 Å². The highest BCUT2D eigenvalue weighted by atomic mass is 16.6. The molecule has 2 bridgehead atoms. The van der Waals surface area contributed by atoms with E-state index in [-0.39, 0.29) is 18.2 Å². The Hall–Kier alpha value is -3.61. The second-order valence-corrected chi connectivity index (χ2v) is 12.2. The van der Waals surface area contributed by atoms with E-state index in [9.17, 15) is 14.4 Å². The Bertz CT molecular complexity index is 1310. The SMILES string of the molecule is CC(C)(C)OC(=O)C[C@@H](CCCc1ccccc1)C(=O)N[C@H]1Cc2cn(c3ccccc23)CCCCCCNC1=O. The average molecular weight is 560 g/mol. The molecule has 2 heterocycles. The van der Waals surface area contributed by atoms with E-state index in [4.69, 9.17) is 4.74 Å². The summed E-state index contributed by atoms with van der Waals surface area (Å²) in [7, 11) is 0. The molecule has 41 heavy (non-hydrogen) atoms. The summed E-state index contributed by atoms with van der Waals surface area (Å²) in [5.74, 6) is -1.46. The van der Waals surface area contributed by atoms with Crippen molar-refractivity contribution in [1.29, 1.82) is 0 Å². The number of hydrogen-bond acceptors (Lipinski definition) is 4. The maximum Gasteiger partial charge on any atom is 0.307 e. The Balaban J connectivity index is 1.54. The highest BCUT2D eigenvalue weighted by molar-refractivity contribution is 5.91. The number of nitrogens with one attached hydrogen (secondary N) is 2. The second kappa shape index (κ2) is 14.3. The molecule has 0 saturated carbocycles. The minimum absolute atomic E-state index is 0.0223. The fourth-order valence-corrected chi connectivity index (χ4v) is 5.59. The normalized spacial score (nSPS) is 17.4. The summed E-state index contributed by atoms with van der Waals surface area (Å²) in [5, 5.41) is 7.20. The molecular weight excluding hydrogens is 514 g/mol. The van der Waals surface area contributed by atoms with Gasteiger partial charge < -0.3 is 19.9 Å². The van der Waals surface area contributed by atoms with Crippen LogP contribution in [0.1, 0.15) is 76.8 Å². The highest BCUT2D eigenvalue weighted by Crippen LogP contribution is 2.25. The van der Waals surface area contributed by atoms with Crippen molar-refractivity contribution in [2.24, 2.45) is 5.92 Å². The maximum atomic E-state index is 13.8. The van der Waals surface area contributed by atoms with Gasteiger partial charge in [0.15, 0.2) is 0 Å². The van der Waals surface area contributed by atoms with Gasteiger partial charge in [0.2, 0.25) is 11.8 Å². The number of carbonyl (C=O) groups excluding carboxylic acids is 3. The number of aromatic nitrogens is 1. The predicted molar refractivity (Wildman–Crippen MR) is 162 cm³/mol. The summed E-state index contributed by atoms with van der Waals surface area (Å²) in [6.07, 6.45) is 8.71. The first kappa shape index (κ1) is 30.4. The fourth-order valence-electron chi connectivity index (χ4n) is 5.59. The Morgan fingerprint density at radius 3 is 2.54 bits per heavy atom. The van der Waals surface area contributed by atoms with Crippen molar-refractivity contribution < 1.29 is 19.1 Å². The number of nitrogens with zero attached hydrogens (tertiary/aromatic N) is 1. The van der Waals surface area contributed by atoms with E-state index < -0.39 is 23.5 Å². The number of carbonyl (C=O) groups is 3. The zero-order chi connectivity index (χ0) is 29.2. The van der Waals surface area contributed by atoms with Crippen LogP contribution in [0.4, 0.5) is 0 Å². The molecule has 0 saturated heterocycles. The van der Waals surface area contributed by atoms with E-state index in [0.717, 1.165) is 61.5 Å². The fraction of sp³-hybridized carbons (Fsp3) is 0.500. The van der Waals surface area contributed by atoms with E-state index in [1.54, 1.807) is 0 Å². The molecule has 4 rings (SSSR count). The van der Waals surface area contributed by atoms with Crippen LogP contribution in [0.5, 0.6) is 0 Å². The predicted octanol–water partition coefficient (Wildman–Crippen LogP) is 5.73. The smallest absolute Gasteiger partial charge is 0.307 e. The molecule has 2 N–H and O–H groups in total. The summed E-state index contributed by atoms with van der Waals surface area (Å²) in [4.78, 5) is 40.0. The number of fused-ring (bicyclic) bond motifs is 5. The van der Waals surface area contributed by atoms with Crippen molar-refractivity contribution in [3.05, 3.63) is 71.9 Å². The Kier molecular flexibility index (Phi) is 10.6. The van der Waals surface area contributed by atoms with Crippen LogP contribution in [0.2, 0.25) is 0 Å². The number of esters is 1. The van der Waals surface area contributed by atoms with Gasteiger partial charge >= 0.3 is 5.97 Å². The molecule has 0 unspecified atom stereocenters. The minimum atomic E-state index is -0.738. The first-order chi connectivity index (χ1) is 19.7. The monoisotopic (exact) mass is 559 g/mol. The van der Waals surface area contributed by atoms with Gasteiger partial charge in [-0.2, -0.15) is 0 Å². The third-order valence-corrected chi connectivity index (χ3v) is 7.62. The Morgan fingerprint density at radius 1 is 1.02 bits per heavy atom. The van der Waals surface area contributed by atoms with Crippen molar-refractivity contribution in [3.63, 3.8) is 0 Å². The van der Waals surface area contributed by atoms with Crippen molar-refractivity contribution >= 4 is 28.7 Å². The molecule has 1 aliphatic heterocycles. The van der Waals surface area contributed by atoms with Gasteiger partial charge in [-0.05, 0) is 70.1 Å². The number of para-hydroxylation sites is 1. The van der Waals surface area contributed by atoms with Crippen LogP contribution in [0.25, 0.3) is 10.9 Å². The molecule has 7 nitrogen and oxygen atoms in total. The van der Waals surface area contributed by atoms with E-state index in [1.807, 2.05) is 51.1 Å². The molecule has 220 valence electrons. The molecule has 0 fully saturated rings. The summed E-state index contributed by atoms with van der Waals surface area (Å²) >= 11 is 0. The van der Waals surface area contributed by atoms with Crippen LogP contribution in [0, 0.1) is 5.92 Å². The zero-order valence-corrected chi connectivity index (χ0v) is 24.8. The third kappa shape index (κ3) is 9.20. The molecular formula is C34H45N3O4. The summed E-state index contributed by atoms with van der Waals surface area (Å²) in [6, 6.07) is 17.6. The van der Waals surface area contributed by atoms with Crippen molar-refractivity contribution in [1.82, 2.24) is 15.2 Å². The topological polar surface area (TPSA) is 89.4 Å². The average Bonchev–Trinajstić information content (AvgIpc) is 3.28. The van der Waals surface area contributed by atoms with Gasteiger partial charge in [0, 0.05) is 42.5 Å². The second-order valence-electron chi connectivity index (χ2n) is 12.2. The molecule has 0 spiro atoms.